The van der Waals surface area contributed by atoms with Crippen LogP contribution in [0.2, 0.25) is 0 Å². The zero-order valence-electron chi connectivity index (χ0n) is 8.64. The van der Waals surface area contributed by atoms with Crippen molar-refractivity contribution in [2.24, 2.45) is 0 Å². The molecule has 0 heterocycles. The first-order valence-corrected chi connectivity index (χ1v) is 6.18. The molecule has 0 rings (SSSR count). The quantitative estimate of drug-likeness (QED) is 0.342. The molecule has 0 aliphatic heterocycles. The van der Waals surface area contributed by atoms with Crippen LogP contribution in [0.1, 0.15) is 57.8 Å². The highest BCUT2D eigenvalue weighted by atomic mass is 79.9. The zero-order chi connectivity index (χ0) is 10.6. The molecule has 3 heteroatoms. The van der Waals surface area contributed by atoms with E-state index in [1.807, 2.05) is 0 Å². The standard InChI is InChI=1S/C11H19BrO2/c12-11(14)9-7-5-3-1-2-4-6-8-10-13/h10H,1-9H2. The van der Waals surface area contributed by atoms with Gasteiger partial charge in [-0.1, -0.05) is 32.1 Å². The average Bonchev–Trinajstić information content (AvgIpc) is 2.15. The molecule has 0 aliphatic rings. The summed E-state index contributed by atoms with van der Waals surface area (Å²) in [5, 5.41) is 0. The van der Waals surface area contributed by atoms with E-state index in [2.05, 4.69) is 15.9 Å². The van der Waals surface area contributed by atoms with Gasteiger partial charge in [0.2, 0.25) is 0 Å². The number of rotatable bonds is 10. The Morgan fingerprint density at radius 3 is 1.93 bits per heavy atom. The lowest BCUT2D eigenvalue weighted by atomic mass is 10.1. The summed E-state index contributed by atoms with van der Waals surface area (Å²) >= 11 is 2.91. The Hall–Kier alpha value is -0.180. The van der Waals surface area contributed by atoms with E-state index in [9.17, 15) is 9.59 Å². The Balaban J connectivity index is 2.92. The summed E-state index contributed by atoms with van der Waals surface area (Å²) in [6, 6.07) is 0. The number of hydrogen-bond acceptors (Lipinski definition) is 2. The number of unbranched alkanes of at least 4 members (excludes halogenated alkanes) is 7. The van der Waals surface area contributed by atoms with Crippen molar-refractivity contribution in [3.63, 3.8) is 0 Å². The fraction of sp³-hybridized carbons (Fsp3) is 0.818. The van der Waals surface area contributed by atoms with Crippen LogP contribution in [-0.4, -0.2) is 11.0 Å². The molecule has 0 amide bonds. The molecular weight excluding hydrogens is 244 g/mol. The number of halogens is 1. The van der Waals surface area contributed by atoms with Crippen molar-refractivity contribution in [1.82, 2.24) is 0 Å². The van der Waals surface area contributed by atoms with Crippen LogP contribution in [0.5, 0.6) is 0 Å². The lowest BCUT2D eigenvalue weighted by Crippen LogP contribution is -1.86. The van der Waals surface area contributed by atoms with Gasteiger partial charge in [-0.25, -0.2) is 0 Å². The van der Waals surface area contributed by atoms with E-state index in [0.717, 1.165) is 32.0 Å². The Labute approximate surface area is 94.6 Å². The van der Waals surface area contributed by atoms with Gasteiger partial charge in [-0.05, 0) is 28.8 Å². The van der Waals surface area contributed by atoms with E-state index in [0.29, 0.717) is 12.8 Å². The Kier molecular flexibility index (Phi) is 10.8. The minimum absolute atomic E-state index is 0.114. The van der Waals surface area contributed by atoms with Gasteiger partial charge in [0, 0.05) is 12.8 Å². The first kappa shape index (κ1) is 13.8. The number of aldehydes is 1. The zero-order valence-corrected chi connectivity index (χ0v) is 10.2. The fourth-order valence-electron chi connectivity index (χ4n) is 1.38. The van der Waals surface area contributed by atoms with Crippen LogP contribution in [0, 0.1) is 0 Å². The molecule has 14 heavy (non-hydrogen) atoms. The first-order valence-electron chi connectivity index (χ1n) is 5.39. The van der Waals surface area contributed by atoms with Gasteiger partial charge in [0.05, 0.1) is 0 Å². The summed E-state index contributed by atoms with van der Waals surface area (Å²) in [6.45, 7) is 0. The summed E-state index contributed by atoms with van der Waals surface area (Å²) < 4.78 is 0.114. The molecule has 0 spiro atoms. The monoisotopic (exact) mass is 262 g/mol. The van der Waals surface area contributed by atoms with E-state index in [1.54, 1.807) is 0 Å². The lowest BCUT2D eigenvalue weighted by Gasteiger charge is -1.99. The Morgan fingerprint density at radius 1 is 0.929 bits per heavy atom. The van der Waals surface area contributed by atoms with Gasteiger partial charge in [-0.15, -0.1) is 0 Å². The number of carbonyl (C=O) groups is 2. The predicted molar refractivity (Wildman–Crippen MR) is 61.6 cm³/mol. The molecule has 0 bridgehead atoms. The average molecular weight is 263 g/mol. The van der Waals surface area contributed by atoms with Crippen LogP contribution in [-0.2, 0) is 9.59 Å². The van der Waals surface area contributed by atoms with Crippen molar-refractivity contribution in [3.8, 4) is 0 Å². The van der Waals surface area contributed by atoms with Crippen molar-refractivity contribution >= 4 is 26.9 Å². The molecule has 0 aromatic heterocycles. The predicted octanol–water partition coefficient (Wildman–Crippen LogP) is 3.62. The van der Waals surface area contributed by atoms with Gasteiger partial charge in [0.15, 0.2) is 4.69 Å². The summed E-state index contributed by atoms with van der Waals surface area (Å²) in [4.78, 5) is 20.5. The molecule has 82 valence electrons. The molecular formula is C11H19BrO2. The lowest BCUT2D eigenvalue weighted by molar-refractivity contribution is -0.110. The van der Waals surface area contributed by atoms with Crippen molar-refractivity contribution in [3.05, 3.63) is 0 Å². The van der Waals surface area contributed by atoms with Crippen molar-refractivity contribution in [2.75, 3.05) is 0 Å². The van der Waals surface area contributed by atoms with Gasteiger partial charge in [-0.3, -0.25) is 4.79 Å². The third-order valence-corrected chi connectivity index (χ3v) is 2.59. The van der Waals surface area contributed by atoms with Gasteiger partial charge < -0.3 is 4.79 Å². The highest BCUT2D eigenvalue weighted by molar-refractivity contribution is 9.18. The molecule has 0 saturated heterocycles. The Bertz CT molecular complexity index is 157. The number of carbonyl (C=O) groups excluding carboxylic acids is 2. The maximum Gasteiger partial charge on any atom is 0.197 e. The van der Waals surface area contributed by atoms with Crippen LogP contribution in [0.4, 0.5) is 0 Å². The molecule has 0 unspecified atom stereocenters. The van der Waals surface area contributed by atoms with E-state index in [1.165, 1.54) is 19.3 Å². The van der Waals surface area contributed by atoms with Gasteiger partial charge in [0.1, 0.15) is 6.29 Å². The van der Waals surface area contributed by atoms with Crippen molar-refractivity contribution < 1.29 is 9.59 Å². The van der Waals surface area contributed by atoms with Crippen molar-refractivity contribution in [2.45, 2.75) is 57.8 Å². The van der Waals surface area contributed by atoms with Crippen LogP contribution in [0.15, 0.2) is 0 Å². The van der Waals surface area contributed by atoms with Gasteiger partial charge in [0.25, 0.3) is 0 Å². The third kappa shape index (κ3) is 11.8. The first-order chi connectivity index (χ1) is 6.77. The van der Waals surface area contributed by atoms with E-state index >= 15 is 0 Å². The molecule has 2 nitrogen and oxygen atoms in total. The SMILES string of the molecule is O=CCCCCCCCCCC(=O)Br. The van der Waals surface area contributed by atoms with Crippen LogP contribution < -0.4 is 0 Å². The second-order valence-electron chi connectivity index (χ2n) is 3.54. The van der Waals surface area contributed by atoms with Crippen molar-refractivity contribution in [1.29, 1.82) is 0 Å². The summed E-state index contributed by atoms with van der Waals surface area (Å²) in [7, 11) is 0. The van der Waals surface area contributed by atoms with Crippen LogP contribution in [0.3, 0.4) is 0 Å². The molecule has 0 N–H and O–H groups in total. The normalized spacial score (nSPS) is 10.1. The highest BCUT2D eigenvalue weighted by Crippen LogP contribution is 2.10. The van der Waals surface area contributed by atoms with E-state index in [4.69, 9.17) is 0 Å². The molecule has 0 saturated carbocycles. The van der Waals surface area contributed by atoms with E-state index in [-0.39, 0.29) is 4.69 Å². The number of hydrogen-bond donors (Lipinski definition) is 0. The van der Waals surface area contributed by atoms with Crippen LogP contribution in [0.25, 0.3) is 0 Å². The minimum Gasteiger partial charge on any atom is -0.303 e. The maximum absolute atomic E-state index is 10.5. The molecule has 0 aromatic carbocycles. The second-order valence-corrected chi connectivity index (χ2v) is 4.42. The minimum atomic E-state index is 0.114. The molecule has 0 fully saturated rings. The van der Waals surface area contributed by atoms with Crippen LogP contribution >= 0.6 is 15.9 Å². The summed E-state index contributed by atoms with van der Waals surface area (Å²) in [5.41, 5.74) is 0. The van der Waals surface area contributed by atoms with E-state index < -0.39 is 0 Å². The summed E-state index contributed by atoms with van der Waals surface area (Å²) in [6.07, 6.45) is 10.3. The molecule has 0 aliphatic carbocycles. The fourth-order valence-corrected chi connectivity index (χ4v) is 1.66. The summed E-state index contributed by atoms with van der Waals surface area (Å²) in [5.74, 6) is 0. The Morgan fingerprint density at radius 2 is 1.43 bits per heavy atom. The van der Waals surface area contributed by atoms with Gasteiger partial charge in [-0.2, -0.15) is 0 Å². The maximum atomic E-state index is 10.5. The molecule has 0 aromatic rings. The van der Waals surface area contributed by atoms with Gasteiger partial charge >= 0.3 is 0 Å². The molecule has 0 atom stereocenters. The third-order valence-electron chi connectivity index (χ3n) is 2.20. The largest absolute Gasteiger partial charge is 0.303 e. The second kappa shape index (κ2) is 10.9. The topological polar surface area (TPSA) is 34.1 Å². The highest BCUT2D eigenvalue weighted by Gasteiger charge is 1.95. The molecule has 0 radical (unpaired) electrons. The smallest absolute Gasteiger partial charge is 0.197 e.